The van der Waals surface area contributed by atoms with Crippen LogP contribution < -0.4 is 10.6 Å². The average Bonchev–Trinajstić information content (AvgIpc) is 2.68. The standard InChI is InChI=1S/C24H35N3/c1-18(2)19(3)23-16-21(14-20-8-6-5-7-9-20)15-22(24(23)25-4)17-27-12-10-26-11-13-27/h5-9,15-16,18-19,25-26H,10-14,17H2,1-4H3. The fourth-order valence-electron chi connectivity index (χ4n) is 3.99. The summed E-state index contributed by atoms with van der Waals surface area (Å²) in [7, 11) is 2.07. The van der Waals surface area contributed by atoms with Crippen molar-refractivity contribution in [3.8, 4) is 0 Å². The maximum atomic E-state index is 3.54. The molecule has 0 aromatic heterocycles. The van der Waals surface area contributed by atoms with Crippen molar-refractivity contribution in [1.29, 1.82) is 0 Å². The van der Waals surface area contributed by atoms with Gasteiger partial charge in [0, 0.05) is 45.5 Å². The van der Waals surface area contributed by atoms with Crippen molar-refractivity contribution in [3.05, 3.63) is 64.7 Å². The summed E-state index contributed by atoms with van der Waals surface area (Å²) in [6.07, 6.45) is 0.997. The predicted molar refractivity (Wildman–Crippen MR) is 117 cm³/mol. The maximum absolute atomic E-state index is 3.54. The molecule has 2 N–H and O–H groups in total. The molecule has 3 heteroatoms. The van der Waals surface area contributed by atoms with Crippen molar-refractivity contribution in [2.24, 2.45) is 5.92 Å². The highest BCUT2D eigenvalue weighted by atomic mass is 15.2. The number of benzene rings is 2. The van der Waals surface area contributed by atoms with Crippen LogP contribution in [0.3, 0.4) is 0 Å². The highest BCUT2D eigenvalue weighted by Gasteiger charge is 2.20. The van der Waals surface area contributed by atoms with E-state index >= 15 is 0 Å². The number of rotatable bonds is 7. The molecule has 0 amide bonds. The van der Waals surface area contributed by atoms with E-state index in [2.05, 4.69) is 85.8 Å². The molecule has 1 unspecified atom stereocenters. The fourth-order valence-corrected chi connectivity index (χ4v) is 3.99. The minimum absolute atomic E-state index is 0.532. The summed E-state index contributed by atoms with van der Waals surface area (Å²) in [5, 5.41) is 7.00. The largest absolute Gasteiger partial charge is 0.388 e. The van der Waals surface area contributed by atoms with Gasteiger partial charge in [0.2, 0.25) is 0 Å². The lowest BCUT2D eigenvalue weighted by molar-refractivity contribution is 0.233. The zero-order valence-corrected chi connectivity index (χ0v) is 17.4. The second-order valence-electron chi connectivity index (χ2n) is 8.19. The lowest BCUT2D eigenvalue weighted by Gasteiger charge is -2.30. The van der Waals surface area contributed by atoms with Gasteiger partial charge in [-0.3, -0.25) is 4.90 Å². The highest BCUT2D eigenvalue weighted by Crippen LogP contribution is 2.35. The van der Waals surface area contributed by atoms with Crippen LogP contribution in [-0.4, -0.2) is 38.1 Å². The smallest absolute Gasteiger partial charge is 0.0418 e. The number of hydrogen-bond donors (Lipinski definition) is 2. The van der Waals surface area contributed by atoms with Crippen molar-refractivity contribution < 1.29 is 0 Å². The third kappa shape index (κ3) is 5.12. The van der Waals surface area contributed by atoms with Crippen LogP contribution in [0.5, 0.6) is 0 Å². The van der Waals surface area contributed by atoms with Gasteiger partial charge in [0.15, 0.2) is 0 Å². The van der Waals surface area contributed by atoms with Gasteiger partial charge in [-0.15, -0.1) is 0 Å². The molecule has 1 aliphatic heterocycles. The zero-order valence-electron chi connectivity index (χ0n) is 17.4. The lowest BCUT2D eigenvalue weighted by atomic mass is 9.85. The van der Waals surface area contributed by atoms with E-state index in [-0.39, 0.29) is 0 Å². The van der Waals surface area contributed by atoms with Crippen LogP contribution in [-0.2, 0) is 13.0 Å². The van der Waals surface area contributed by atoms with Crippen LogP contribution in [0.15, 0.2) is 42.5 Å². The van der Waals surface area contributed by atoms with Crippen molar-refractivity contribution in [2.75, 3.05) is 38.5 Å². The number of nitrogens with one attached hydrogen (secondary N) is 2. The Kier molecular flexibility index (Phi) is 6.92. The molecule has 0 radical (unpaired) electrons. The monoisotopic (exact) mass is 365 g/mol. The second-order valence-corrected chi connectivity index (χ2v) is 8.19. The van der Waals surface area contributed by atoms with Crippen LogP contribution in [0.4, 0.5) is 5.69 Å². The second kappa shape index (κ2) is 9.38. The average molecular weight is 366 g/mol. The van der Waals surface area contributed by atoms with Gasteiger partial charge in [-0.2, -0.15) is 0 Å². The summed E-state index contributed by atoms with van der Waals surface area (Å²) in [5.74, 6) is 1.15. The topological polar surface area (TPSA) is 27.3 Å². The molecule has 0 aliphatic carbocycles. The number of hydrogen-bond acceptors (Lipinski definition) is 3. The van der Waals surface area contributed by atoms with Gasteiger partial charge < -0.3 is 10.6 Å². The highest BCUT2D eigenvalue weighted by molar-refractivity contribution is 5.61. The first-order valence-corrected chi connectivity index (χ1v) is 10.4. The third-order valence-corrected chi connectivity index (χ3v) is 5.91. The first kappa shape index (κ1) is 19.9. The van der Waals surface area contributed by atoms with Crippen molar-refractivity contribution >= 4 is 5.69 Å². The molecule has 146 valence electrons. The zero-order chi connectivity index (χ0) is 19.2. The molecule has 3 nitrogen and oxygen atoms in total. The van der Waals surface area contributed by atoms with E-state index in [1.807, 2.05) is 0 Å². The third-order valence-electron chi connectivity index (χ3n) is 5.91. The van der Waals surface area contributed by atoms with Crippen LogP contribution in [0.25, 0.3) is 0 Å². The summed E-state index contributed by atoms with van der Waals surface area (Å²) in [6, 6.07) is 15.7. The quantitative estimate of drug-likeness (QED) is 0.757. The SMILES string of the molecule is CNc1c(CN2CCNCC2)cc(Cc2ccccc2)cc1C(C)C(C)C. The molecular weight excluding hydrogens is 330 g/mol. The first-order chi connectivity index (χ1) is 13.1. The number of piperazine rings is 1. The summed E-state index contributed by atoms with van der Waals surface area (Å²) in [6.45, 7) is 12.5. The maximum Gasteiger partial charge on any atom is 0.0418 e. The van der Waals surface area contributed by atoms with E-state index in [4.69, 9.17) is 0 Å². The van der Waals surface area contributed by atoms with Gasteiger partial charge in [-0.1, -0.05) is 63.2 Å². The molecule has 3 rings (SSSR count). The van der Waals surface area contributed by atoms with Gasteiger partial charge in [0.05, 0.1) is 0 Å². The molecule has 1 heterocycles. The summed E-state index contributed by atoms with van der Waals surface area (Å²) < 4.78 is 0. The first-order valence-electron chi connectivity index (χ1n) is 10.4. The van der Waals surface area contributed by atoms with Gasteiger partial charge in [0.1, 0.15) is 0 Å². The van der Waals surface area contributed by atoms with Crippen LogP contribution in [0, 0.1) is 5.92 Å². The number of nitrogens with zero attached hydrogens (tertiary/aromatic N) is 1. The number of anilines is 1. The molecule has 0 bridgehead atoms. The fraction of sp³-hybridized carbons (Fsp3) is 0.500. The summed E-state index contributed by atoms with van der Waals surface area (Å²) in [5.41, 5.74) is 7.05. The Morgan fingerprint density at radius 3 is 2.33 bits per heavy atom. The molecule has 1 fully saturated rings. The van der Waals surface area contributed by atoms with E-state index in [0.29, 0.717) is 11.8 Å². The molecule has 27 heavy (non-hydrogen) atoms. The molecule has 2 aromatic carbocycles. The Hall–Kier alpha value is -1.84. The minimum atomic E-state index is 0.532. The molecule has 1 saturated heterocycles. The Labute approximate surface area is 165 Å². The van der Waals surface area contributed by atoms with Gasteiger partial charge in [0.25, 0.3) is 0 Å². The minimum Gasteiger partial charge on any atom is -0.388 e. The molecular formula is C24H35N3. The van der Waals surface area contributed by atoms with E-state index in [0.717, 1.165) is 39.1 Å². The Morgan fingerprint density at radius 1 is 1.00 bits per heavy atom. The Bertz CT molecular complexity index is 718. The summed E-state index contributed by atoms with van der Waals surface area (Å²) in [4.78, 5) is 2.57. The van der Waals surface area contributed by atoms with Gasteiger partial charge in [-0.25, -0.2) is 0 Å². The van der Waals surface area contributed by atoms with E-state index in [1.54, 1.807) is 0 Å². The predicted octanol–water partition coefficient (Wildman–Crippen LogP) is 4.48. The van der Waals surface area contributed by atoms with Crippen LogP contribution in [0.2, 0.25) is 0 Å². The summed E-state index contributed by atoms with van der Waals surface area (Å²) >= 11 is 0. The molecule has 1 atom stereocenters. The van der Waals surface area contributed by atoms with Crippen molar-refractivity contribution in [3.63, 3.8) is 0 Å². The molecule has 1 aliphatic rings. The van der Waals surface area contributed by atoms with Crippen molar-refractivity contribution in [1.82, 2.24) is 10.2 Å². The Morgan fingerprint density at radius 2 is 1.70 bits per heavy atom. The van der Waals surface area contributed by atoms with Crippen molar-refractivity contribution in [2.45, 2.75) is 39.7 Å². The van der Waals surface area contributed by atoms with Gasteiger partial charge >= 0.3 is 0 Å². The molecule has 0 saturated carbocycles. The van der Waals surface area contributed by atoms with E-state index < -0.39 is 0 Å². The van der Waals surface area contributed by atoms with Gasteiger partial charge in [-0.05, 0) is 40.5 Å². The normalized spacial score (nSPS) is 16.5. The van der Waals surface area contributed by atoms with Crippen LogP contribution in [0.1, 0.15) is 48.9 Å². The Balaban J connectivity index is 1.97. The van der Waals surface area contributed by atoms with Crippen LogP contribution >= 0.6 is 0 Å². The van der Waals surface area contributed by atoms with E-state index in [1.165, 1.54) is 27.9 Å². The molecule has 2 aromatic rings. The van der Waals surface area contributed by atoms with E-state index in [9.17, 15) is 0 Å². The molecule has 0 spiro atoms. The lowest BCUT2D eigenvalue weighted by Crippen LogP contribution is -2.43.